The van der Waals surface area contributed by atoms with E-state index in [1.54, 1.807) is 43.3 Å². The van der Waals surface area contributed by atoms with Crippen LogP contribution >= 0.6 is 0 Å². The van der Waals surface area contributed by atoms with E-state index in [9.17, 15) is 18.0 Å². The van der Waals surface area contributed by atoms with Gasteiger partial charge < -0.3 is 15.0 Å². The first kappa shape index (κ1) is 29.7. The van der Waals surface area contributed by atoms with Crippen LogP contribution in [0.2, 0.25) is 0 Å². The topological polar surface area (TPSA) is 96.0 Å². The molecule has 0 saturated carbocycles. The molecule has 0 heterocycles. The van der Waals surface area contributed by atoms with Crippen LogP contribution in [-0.2, 0) is 26.2 Å². The first-order valence-electron chi connectivity index (χ1n) is 12.9. The summed E-state index contributed by atoms with van der Waals surface area (Å²) in [6.07, 6.45) is 0. The Balaban J connectivity index is 2.03. The quantitative estimate of drug-likeness (QED) is 0.360. The number of hydrogen-bond acceptors (Lipinski definition) is 5. The van der Waals surface area contributed by atoms with E-state index in [1.165, 1.54) is 24.1 Å². The highest BCUT2D eigenvalue weighted by Gasteiger charge is 2.33. The standard InChI is InChI=1S/C30H37N3O5S/c1-22(2)19-31-30(35)24(4)32(20-25-11-7-6-8-12-25)29(34)21-33(27-13-9-10-14-28(27)38-5)39(36,37)26-17-15-23(3)16-18-26/h6-18,22,24H,19-21H2,1-5H3,(H,31,35)/t24-/m0/s1. The van der Waals surface area contributed by atoms with Crippen LogP contribution in [0, 0.1) is 12.8 Å². The monoisotopic (exact) mass is 551 g/mol. The van der Waals surface area contributed by atoms with Gasteiger partial charge in [0.15, 0.2) is 0 Å². The van der Waals surface area contributed by atoms with Crippen molar-refractivity contribution in [2.75, 3.05) is 24.5 Å². The summed E-state index contributed by atoms with van der Waals surface area (Å²) < 4.78 is 34.4. The number of nitrogens with zero attached hydrogens (tertiary/aromatic N) is 2. The molecule has 1 N–H and O–H groups in total. The maximum absolute atomic E-state index is 13.9. The first-order valence-corrected chi connectivity index (χ1v) is 14.3. The number of methoxy groups -OCH3 is 1. The van der Waals surface area contributed by atoms with E-state index >= 15 is 0 Å². The molecular formula is C30H37N3O5S. The number of carbonyl (C=O) groups excluding carboxylic acids is 2. The fourth-order valence-corrected chi connectivity index (χ4v) is 5.43. The Bertz CT molecular complexity index is 1360. The summed E-state index contributed by atoms with van der Waals surface area (Å²) in [5.74, 6) is -0.288. The Labute approximate surface area is 231 Å². The predicted octanol–water partition coefficient (Wildman–Crippen LogP) is 4.39. The summed E-state index contributed by atoms with van der Waals surface area (Å²) >= 11 is 0. The Morgan fingerprint density at radius 2 is 1.51 bits per heavy atom. The third kappa shape index (κ3) is 7.60. The van der Waals surface area contributed by atoms with Crippen molar-refractivity contribution in [3.05, 3.63) is 90.0 Å². The lowest BCUT2D eigenvalue weighted by Crippen LogP contribution is -2.51. The molecule has 0 aliphatic rings. The first-order chi connectivity index (χ1) is 18.5. The third-order valence-electron chi connectivity index (χ3n) is 6.29. The van der Waals surface area contributed by atoms with Gasteiger partial charge in [0.1, 0.15) is 18.3 Å². The Hall–Kier alpha value is -3.85. The highest BCUT2D eigenvalue weighted by Crippen LogP contribution is 2.32. The van der Waals surface area contributed by atoms with Gasteiger partial charge in [0.2, 0.25) is 11.8 Å². The van der Waals surface area contributed by atoms with Crippen molar-refractivity contribution in [3.8, 4) is 5.75 Å². The predicted molar refractivity (Wildman–Crippen MR) is 153 cm³/mol. The van der Waals surface area contributed by atoms with Crippen molar-refractivity contribution in [2.45, 2.75) is 45.2 Å². The summed E-state index contributed by atoms with van der Waals surface area (Å²) in [6.45, 7) is 7.57. The molecule has 0 fully saturated rings. The number of benzene rings is 3. The van der Waals surface area contributed by atoms with E-state index in [0.717, 1.165) is 15.4 Å². The number of anilines is 1. The number of carbonyl (C=O) groups is 2. The van der Waals surface area contributed by atoms with E-state index in [1.807, 2.05) is 51.1 Å². The van der Waals surface area contributed by atoms with Crippen molar-refractivity contribution in [2.24, 2.45) is 5.92 Å². The fourth-order valence-electron chi connectivity index (χ4n) is 4.00. The van der Waals surface area contributed by atoms with Gasteiger partial charge in [-0.1, -0.05) is 74.0 Å². The minimum atomic E-state index is -4.17. The molecule has 9 heteroatoms. The third-order valence-corrected chi connectivity index (χ3v) is 8.06. The molecule has 0 bridgehead atoms. The highest BCUT2D eigenvalue weighted by molar-refractivity contribution is 7.92. The SMILES string of the molecule is COc1ccccc1N(CC(=O)N(Cc1ccccc1)[C@@H](C)C(=O)NCC(C)C)S(=O)(=O)c1ccc(C)cc1. The van der Waals surface area contributed by atoms with Gasteiger partial charge in [-0.25, -0.2) is 8.42 Å². The Morgan fingerprint density at radius 3 is 2.13 bits per heavy atom. The molecule has 39 heavy (non-hydrogen) atoms. The highest BCUT2D eigenvalue weighted by atomic mass is 32.2. The lowest BCUT2D eigenvalue weighted by molar-refractivity contribution is -0.139. The molecule has 0 aliphatic heterocycles. The van der Waals surface area contributed by atoms with Gasteiger partial charge in [-0.05, 0) is 49.6 Å². The van der Waals surface area contributed by atoms with Gasteiger partial charge in [0.05, 0.1) is 17.7 Å². The molecule has 3 aromatic rings. The van der Waals surface area contributed by atoms with Crippen LogP contribution in [0.25, 0.3) is 0 Å². The number of hydrogen-bond donors (Lipinski definition) is 1. The van der Waals surface area contributed by atoms with Crippen LogP contribution in [0.4, 0.5) is 5.69 Å². The lowest BCUT2D eigenvalue weighted by atomic mass is 10.1. The maximum Gasteiger partial charge on any atom is 0.264 e. The molecule has 0 saturated heterocycles. The van der Waals surface area contributed by atoms with Gasteiger partial charge in [-0.3, -0.25) is 13.9 Å². The molecule has 2 amide bonds. The number of nitrogens with one attached hydrogen (secondary N) is 1. The molecule has 0 unspecified atom stereocenters. The summed E-state index contributed by atoms with van der Waals surface area (Å²) in [5, 5.41) is 2.88. The molecule has 8 nitrogen and oxygen atoms in total. The number of rotatable bonds is 12. The normalized spacial score (nSPS) is 12.1. The van der Waals surface area contributed by atoms with Crippen molar-refractivity contribution in [3.63, 3.8) is 0 Å². The molecule has 208 valence electrons. The van der Waals surface area contributed by atoms with E-state index in [-0.39, 0.29) is 29.0 Å². The van der Waals surface area contributed by atoms with Gasteiger partial charge in [-0.2, -0.15) is 0 Å². The van der Waals surface area contributed by atoms with Crippen LogP contribution < -0.4 is 14.4 Å². The van der Waals surface area contributed by atoms with Crippen molar-refractivity contribution >= 4 is 27.5 Å². The second-order valence-corrected chi connectivity index (χ2v) is 11.7. The van der Waals surface area contributed by atoms with Crippen molar-refractivity contribution in [1.82, 2.24) is 10.2 Å². The molecule has 1 atom stereocenters. The molecule has 0 aliphatic carbocycles. The zero-order valence-corrected chi connectivity index (χ0v) is 23.9. The van der Waals surface area contributed by atoms with E-state index in [0.29, 0.717) is 12.3 Å². The number of sulfonamides is 1. The summed E-state index contributed by atoms with van der Waals surface area (Å²) in [7, 11) is -2.72. The second-order valence-electron chi connectivity index (χ2n) is 9.82. The Morgan fingerprint density at radius 1 is 0.897 bits per heavy atom. The molecule has 0 spiro atoms. The van der Waals surface area contributed by atoms with Crippen LogP contribution in [0.3, 0.4) is 0 Å². The average molecular weight is 552 g/mol. The maximum atomic E-state index is 13.9. The lowest BCUT2D eigenvalue weighted by Gasteiger charge is -2.32. The Kier molecular flexibility index (Phi) is 10.1. The largest absolute Gasteiger partial charge is 0.495 e. The fraction of sp³-hybridized carbons (Fsp3) is 0.333. The van der Waals surface area contributed by atoms with Crippen LogP contribution in [0.1, 0.15) is 31.9 Å². The summed E-state index contributed by atoms with van der Waals surface area (Å²) in [6, 6.07) is 21.5. The minimum Gasteiger partial charge on any atom is -0.495 e. The van der Waals surface area contributed by atoms with E-state index in [2.05, 4.69) is 5.32 Å². The van der Waals surface area contributed by atoms with Crippen LogP contribution in [0.15, 0.2) is 83.8 Å². The molecule has 3 aromatic carbocycles. The number of aryl methyl sites for hydroxylation is 1. The molecular weight excluding hydrogens is 514 g/mol. The van der Waals surface area contributed by atoms with Crippen molar-refractivity contribution < 1.29 is 22.7 Å². The van der Waals surface area contributed by atoms with Gasteiger partial charge in [0.25, 0.3) is 10.0 Å². The number of ether oxygens (including phenoxy) is 1. The zero-order chi connectivity index (χ0) is 28.6. The minimum absolute atomic E-state index is 0.0455. The molecule has 0 radical (unpaired) electrons. The van der Waals surface area contributed by atoms with Crippen molar-refractivity contribution in [1.29, 1.82) is 0 Å². The van der Waals surface area contributed by atoms with E-state index in [4.69, 9.17) is 4.74 Å². The number of para-hydroxylation sites is 2. The molecule has 3 rings (SSSR count). The number of amides is 2. The molecule has 0 aromatic heterocycles. The van der Waals surface area contributed by atoms with Gasteiger partial charge in [0, 0.05) is 13.1 Å². The van der Waals surface area contributed by atoms with Crippen LogP contribution in [-0.4, -0.2) is 51.4 Å². The summed E-state index contributed by atoms with van der Waals surface area (Å²) in [4.78, 5) is 28.4. The smallest absolute Gasteiger partial charge is 0.264 e. The van der Waals surface area contributed by atoms with E-state index < -0.39 is 28.5 Å². The van der Waals surface area contributed by atoms with Crippen LogP contribution in [0.5, 0.6) is 5.75 Å². The average Bonchev–Trinajstić information content (AvgIpc) is 2.93. The second kappa shape index (κ2) is 13.3. The van der Waals surface area contributed by atoms with Gasteiger partial charge in [-0.15, -0.1) is 0 Å². The van der Waals surface area contributed by atoms with Gasteiger partial charge >= 0.3 is 0 Å². The zero-order valence-electron chi connectivity index (χ0n) is 23.1. The summed E-state index contributed by atoms with van der Waals surface area (Å²) in [5.41, 5.74) is 1.95.